The number of halogens is 2. The maximum atomic E-state index is 11.9. The number of nitrogens with zero attached hydrogens (tertiary/aromatic N) is 2. The van der Waals surface area contributed by atoms with Crippen LogP contribution in [0.2, 0.25) is 0 Å². The lowest BCUT2D eigenvalue weighted by atomic mass is 10.1. The van der Waals surface area contributed by atoms with Crippen molar-refractivity contribution in [2.75, 3.05) is 18.6 Å². The highest BCUT2D eigenvalue weighted by molar-refractivity contribution is 5.35. The number of alkyl halides is 2. The molecule has 18 heavy (non-hydrogen) atoms. The summed E-state index contributed by atoms with van der Waals surface area (Å²) in [5.41, 5.74) is 3.31. The average molecular weight is 260 g/mol. The first-order valence-corrected chi connectivity index (χ1v) is 5.73. The van der Waals surface area contributed by atoms with Crippen LogP contribution in [0.5, 0.6) is 0 Å². The molecule has 0 bridgehead atoms. The lowest BCUT2D eigenvalue weighted by Gasteiger charge is -2.10. The second-order valence-electron chi connectivity index (χ2n) is 4.11. The van der Waals surface area contributed by atoms with Gasteiger partial charge in [0, 0.05) is 18.2 Å². The fourth-order valence-corrected chi connectivity index (χ4v) is 1.34. The molecule has 0 aliphatic heterocycles. The molecule has 0 aromatic carbocycles. The molecule has 0 aliphatic carbocycles. The summed E-state index contributed by atoms with van der Waals surface area (Å²) in [7, 11) is 0. The Labute approximate surface area is 105 Å². The second-order valence-corrected chi connectivity index (χ2v) is 4.11. The Bertz CT molecular complexity index is 374. The van der Waals surface area contributed by atoms with E-state index in [4.69, 9.17) is 10.6 Å². The summed E-state index contributed by atoms with van der Waals surface area (Å²) in [4.78, 5) is 8.46. The maximum absolute atomic E-state index is 11.9. The molecule has 0 aliphatic rings. The van der Waals surface area contributed by atoms with Crippen molar-refractivity contribution in [2.24, 2.45) is 5.84 Å². The summed E-state index contributed by atoms with van der Waals surface area (Å²) in [5.74, 6) is 6.59. The van der Waals surface area contributed by atoms with Crippen LogP contribution in [0.4, 0.5) is 14.6 Å². The highest BCUT2D eigenvalue weighted by Gasteiger charge is 2.08. The van der Waals surface area contributed by atoms with Gasteiger partial charge < -0.3 is 10.2 Å². The van der Waals surface area contributed by atoms with Gasteiger partial charge in [-0.05, 0) is 5.92 Å². The molecule has 1 aromatic heterocycles. The van der Waals surface area contributed by atoms with E-state index in [1.54, 1.807) is 6.07 Å². The number of ether oxygens (including phenoxy) is 1. The molecule has 1 heterocycles. The molecule has 102 valence electrons. The van der Waals surface area contributed by atoms with Crippen LogP contribution in [0.25, 0.3) is 0 Å². The molecule has 3 N–H and O–H groups in total. The molecule has 0 unspecified atom stereocenters. The van der Waals surface area contributed by atoms with E-state index in [1.807, 2.05) is 13.8 Å². The zero-order chi connectivity index (χ0) is 13.5. The van der Waals surface area contributed by atoms with Gasteiger partial charge in [0.25, 0.3) is 6.43 Å². The molecule has 1 aromatic rings. The van der Waals surface area contributed by atoms with Gasteiger partial charge in [-0.25, -0.2) is 24.6 Å². The van der Waals surface area contributed by atoms with Gasteiger partial charge in [-0.3, -0.25) is 0 Å². The number of aromatic nitrogens is 2. The Balaban J connectivity index is 2.61. The predicted octanol–water partition coefficient (Wildman–Crippen LogP) is 1.71. The van der Waals surface area contributed by atoms with E-state index in [2.05, 4.69) is 15.4 Å². The number of hydrogen-bond donors (Lipinski definition) is 2. The van der Waals surface area contributed by atoms with Gasteiger partial charge in [-0.2, -0.15) is 0 Å². The van der Waals surface area contributed by atoms with Crippen molar-refractivity contribution in [3.05, 3.63) is 17.6 Å². The van der Waals surface area contributed by atoms with Crippen LogP contribution in [0.1, 0.15) is 31.3 Å². The van der Waals surface area contributed by atoms with E-state index >= 15 is 0 Å². The topological polar surface area (TPSA) is 73.1 Å². The van der Waals surface area contributed by atoms with Crippen LogP contribution in [-0.2, 0) is 11.2 Å². The van der Waals surface area contributed by atoms with Crippen molar-refractivity contribution >= 4 is 5.82 Å². The largest absolute Gasteiger partial charge is 0.375 e. The van der Waals surface area contributed by atoms with E-state index in [0.717, 1.165) is 5.69 Å². The molecule has 0 radical (unpaired) electrons. The van der Waals surface area contributed by atoms with Gasteiger partial charge in [0.2, 0.25) is 0 Å². The average Bonchev–Trinajstić information content (AvgIpc) is 2.34. The number of rotatable bonds is 7. The zero-order valence-corrected chi connectivity index (χ0v) is 10.5. The summed E-state index contributed by atoms with van der Waals surface area (Å²) in [6, 6.07) is 1.76. The van der Waals surface area contributed by atoms with E-state index < -0.39 is 13.0 Å². The van der Waals surface area contributed by atoms with Crippen LogP contribution in [0.15, 0.2) is 6.07 Å². The summed E-state index contributed by atoms with van der Waals surface area (Å²) in [5, 5.41) is 0. The van der Waals surface area contributed by atoms with Crippen molar-refractivity contribution in [2.45, 2.75) is 32.6 Å². The standard InChI is InChI=1S/C11H18F2N4O/c1-7(2)8-5-11(17-14)16-10(15-8)3-4-18-6-9(12)13/h5,7,9H,3-4,6,14H2,1-2H3,(H,15,16,17). The third-order valence-corrected chi connectivity index (χ3v) is 2.25. The van der Waals surface area contributed by atoms with E-state index in [9.17, 15) is 8.78 Å². The molecule has 0 saturated carbocycles. The Morgan fingerprint density at radius 3 is 2.67 bits per heavy atom. The normalized spacial score (nSPS) is 11.3. The first-order chi connectivity index (χ1) is 8.52. The van der Waals surface area contributed by atoms with Gasteiger partial charge in [-0.15, -0.1) is 0 Å². The van der Waals surface area contributed by atoms with Crippen LogP contribution >= 0.6 is 0 Å². The van der Waals surface area contributed by atoms with Crippen LogP contribution < -0.4 is 11.3 Å². The quantitative estimate of drug-likeness (QED) is 0.443. The monoisotopic (exact) mass is 260 g/mol. The van der Waals surface area contributed by atoms with Crippen molar-refractivity contribution in [1.82, 2.24) is 9.97 Å². The minimum Gasteiger partial charge on any atom is -0.375 e. The van der Waals surface area contributed by atoms with Gasteiger partial charge >= 0.3 is 0 Å². The highest BCUT2D eigenvalue weighted by atomic mass is 19.3. The van der Waals surface area contributed by atoms with Crippen LogP contribution in [0, 0.1) is 0 Å². The van der Waals surface area contributed by atoms with Crippen LogP contribution in [-0.4, -0.2) is 29.6 Å². The third-order valence-electron chi connectivity index (χ3n) is 2.25. The van der Waals surface area contributed by atoms with Crippen molar-refractivity contribution in [3.8, 4) is 0 Å². The Morgan fingerprint density at radius 2 is 2.11 bits per heavy atom. The molecular formula is C11H18F2N4O. The van der Waals surface area contributed by atoms with E-state index in [1.165, 1.54) is 0 Å². The Hall–Kier alpha value is -1.34. The van der Waals surface area contributed by atoms with Crippen LogP contribution in [0.3, 0.4) is 0 Å². The lowest BCUT2D eigenvalue weighted by molar-refractivity contribution is 0.0183. The molecule has 0 spiro atoms. The minimum atomic E-state index is -2.45. The zero-order valence-electron chi connectivity index (χ0n) is 10.5. The number of nitrogens with one attached hydrogen (secondary N) is 1. The number of hydrazine groups is 1. The van der Waals surface area contributed by atoms with Gasteiger partial charge in [-0.1, -0.05) is 13.8 Å². The minimum absolute atomic E-state index is 0.163. The predicted molar refractivity (Wildman–Crippen MR) is 64.5 cm³/mol. The summed E-state index contributed by atoms with van der Waals surface area (Å²) in [6.07, 6.45) is -2.07. The number of hydrogen-bond acceptors (Lipinski definition) is 5. The lowest BCUT2D eigenvalue weighted by Crippen LogP contribution is -2.14. The molecule has 7 heteroatoms. The number of nitrogens with two attached hydrogens (primary N) is 1. The van der Waals surface area contributed by atoms with E-state index in [-0.39, 0.29) is 12.5 Å². The molecule has 1 rings (SSSR count). The Morgan fingerprint density at radius 1 is 1.39 bits per heavy atom. The van der Waals surface area contributed by atoms with Crippen molar-refractivity contribution in [3.63, 3.8) is 0 Å². The smallest absolute Gasteiger partial charge is 0.261 e. The summed E-state index contributed by atoms with van der Waals surface area (Å²) < 4.78 is 28.5. The van der Waals surface area contributed by atoms with Crippen molar-refractivity contribution in [1.29, 1.82) is 0 Å². The first kappa shape index (κ1) is 14.7. The first-order valence-electron chi connectivity index (χ1n) is 5.73. The summed E-state index contributed by atoms with van der Waals surface area (Å²) in [6.45, 7) is 3.60. The SMILES string of the molecule is CC(C)c1cc(NN)nc(CCOCC(F)F)n1. The maximum Gasteiger partial charge on any atom is 0.261 e. The molecule has 5 nitrogen and oxygen atoms in total. The van der Waals surface area contributed by atoms with E-state index in [0.29, 0.717) is 18.1 Å². The van der Waals surface area contributed by atoms with Gasteiger partial charge in [0.15, 0.2) is 0 Å². The van der Waals surface area contributed by atoms with Gasteiger partial charge in [0.05, 0.1) is 6.61 Å². The van der Waals surface area contributed by atoms with Crippen molar-refractivity contribution < 1.29 is 13.5 Å². The fourth-order valence-electron chi connectivity index (χ4n) is 1.34. The third kappa shape index (κ3) is 4.89. The molecule has 0 amide bonds. The van der Waals surface area contributed by atoms with Gasteiger partial charge in [0.1, 0.15) is 18.2 Å². The fraction of sp³-hybridized carbons (Fsp3) is 0.636. The molecular weight excluding hydrogens is 242 g/mol. The highest BCUT2D eigenvalue weighted by Crippen LogP contribution is 2.15. The summed E-state index contributed by atoms with van der Waals surface area (Å²) >= 11 is 0. The Kier molecular flexibility index (Phi) is 5.87. The second kappa shape index (κ2) is 7.17. The molecule has 0 fully saturated rings. The number of nitrogen functional groups attached to an aromatic ring is 1. The number of anilines is 1. The molecule has 0 atom stereocenters. The molecule has 0 saturated heterocycles.